The van der Waals surface area contributed by atoms with Crippen LogP contribution in [0.15, 0.2) is 40.9 Å². The number of carbonyl (C=O) groups is 1. The molecule has 1 atom stereocenters. The molecule has 108 valence electrons. The Morgan fingerprint density at radius 2 is 2.10 bits per heavy atom. The molecule has 0 aliphatic carbocycles. The Balaban J connectivity index is 1.99. The van der Waals surface area contributed by atoms with Crippen LogP contribution in [-0.2, 0) is 0 Å². The molecule has 0 radical (unpaired) electrons. The van der Waals surface area contributed by atoms with E-state index in [0.717, 1.165) is 5.56 Å². The highest BCUT2D eigenvalue weighted by atomic mass is 79.9. The van der Waals surface area contributed by atoms with E-state index >= 15 is 0 Å². The van der Waals surface area contributed by atoms with Crippen molar-refractivity contribution in [2.75, 3.05) is 7.11 Å². The van der Waals surface area contributed by atoms with Gasteiger partial charge in [-0.05, 0) is 24.3 Å². The first-order valence-corrected chi connectivity index (χ1v) is 7.20. The number of benzene rings is 2. The van der Waals surface area contributed by atoms with Gasteiger partial charge in [0.1, 0.15) is 23.4 Å². The van der Waals surface area contributed by atoms with Crippen LogP contribution in [0.5, 0.6) is 11.5 Å². The predicted octanol–water partition coefficient (Wildman–Crippen LogP) is 4.30. The van der Waals surface area contributed by atoms with Crippen molar-refractivity contribution < 1.29 is 18.7 Å². The summed E-state index contributed by atoms with van der Waals surface area (Å²) in [5.74, 6) is 0.780. The lowest BCUT2D eigenvalue weighted by Gasteiger charge is -2.26. The Labute approximate surface area is 129 Å². The molecular formula is C16H12BrFO3. The second-order valence-corrected chi connectivity index (χ2v) is 5.62. The third kappa shape index (κ3) is 2.65. The Morgan fingerprint density at radius 3 is 2.81 bits per heavy atom. The van der Waals surface area contributed by atoms with Gasteiger partial charge in [0, 0.05) is 16.1 Å². The topological polar surface area (TPSA) is 35.5 Å². The molecule has 0 spiro atoms. The Hall–Kier alpha value is -1.88. The van der Waals surface area contributed by atoms with Gasteiger partial charge in [0.05, 0.1) is 19.1 Å². The molecule has 0 N–H and O–H groups in total. The number of rotatable bonds is 2. The molecule has 21 heavy (non-hydrogen) atoms. The predicted molar refractivity (Wildman–Crippen MR) is 79.4 cm³/mol. The molecule has 0 saturated heterocycles. The lowest BCUT2D eigenvalue weighted by Crippen LogP contribution is -2.20. The SMILES string of the molecule is COc1ccc2c(c1)OC(c1ccc(F)cc1Br)CC2=O. The Bertz CT molecular complexity index is 715. The summed E-state index contributed by atoms with van der Waals surface area (Å²) in [5.41, 5.74) is 1.29. The van der Waals surface area contributed by atoms with Crippen molar-refractivity contribution in [2.24, 2.45) is 0 Å². The highest BCUT2D eigenvalue weighted by molar-refractivity contribution is 9.10. The van der Waals surface area contributed by atoms with Crippen LogP contribution in [0, 0.1) is 5.82 Å². The minimum absolute atomic E-state index is 0.000119. The van der Waals surface area contributed by atoms with Gasteiger partial charge >= 0.3 is 0 Å². The van der Waals surface area contributed by atoms with E-state index in [1.807, 2.05) is 0 Å². The summed E-state index contributed by atoms with van der Waals surface area (Å²) < 4.78 is 24.8. The smallest absolute Gasteiger partial charge is 0.170 e. The lowest BCUT2D eigenvalue weighted by atomic mass is 9.96. The Kier molecular flexibility index (Phi) is 3.68. The molecule has 0 amide bonds. The monoisotopic (exact) mass is 350 g/mol. The van der Waals surface area contributed by atoms with Gasteiger partial charge in [-0.1, -0.05) is 22.0 Å². The minimum Gasteiger partial charge on any atom is -0.497 e. The summed E-state index contributed by atoms with van der Waals surface area (Å²) in [6.45, 7) is 0. The molecule has 5 heteroatoms. The highest BCUT2D eigenvalue weighted by Gasteiger charge is 2.29. The van der Waals surface area contributed by atoms with Crippen molar-refractivity contribution in [1.82, 2.24) is 0 Å². The van der Waals surface area contributed by atoms with Crippen LogP contribution in [0.4, 0.5) is 4.39 Å². The zero-order valence-corrected chi connectivity index (χ0v) is 12.8. The van der Waals surface area contributed by atoms with Crippen molar-refractivity contribution in [2.45, 2.75) is 12.5 Å². The van der Waals surface area contributed by atoms with Crippen LogP contribution >= 0.6 is 15.9 Å². The van der Waals surface area contributed by atoms with E-state index in [1.54, 1.807) is 31.4 Å². The van der Waals surface area contributed by atoms with E-state index in [0.29, 0.717) is 21.5 Å². The van der Waals surface area contributed by atoms with Gasteiger partial charge in [-0.3, -0.25) is 4.79 Å². The maximum absolute atomic E-state index is 13.2. The van der Waals surface area contributed by atoms with Gasteiger partial charge in [0.25, 0.3) is 0 Å². The molecule has 2 aromatic carbocycles. The van der Waals surface area contributed by atoms with Crippen LogP contribution in [-0.4, -0.2) is 12.9 Å². The number of fused-ring (bicyclic) bond motifs is 1. The van der Waals surface area contributed by atoms with E-state index in [4.69, 9.17) is 9.47 Å². The fourth-order valence-electron chi connectivity index (χ4n) is 2.37. The van der Waals surface area contributed by atoms with E-state index in [2.05, 4.69) is 15.9 Å². The van der Waals surface area contributed by atoms with Crippen molar-refractivity contribution in [3.8, 4) is 11.5 Å². The summed E-state index contributed by atoms with van der Waals surface area (Å²) in [4.78, 5) is 12.2. The summed E-state index contributed by atoms with van der Waals surface area (Å²) in [6, 6.07) is 9.47. The van der Waals surface area contributed by atoms with Crippen LogP contribution in [0.3, 0.4) is 0 Å². The molecule has 0 aromatic heterocycles. The first-order chi connectivity index (χ1) is 10.1. The zero-order valence-electron chi connectivity index (χ0n) is 11.2. The average Bonchev–Trinajstić information content (AvgIpc) is 2.46. The van der Waals surface area contributed by atoms with Crippen LogP contribution in [0.2, 0.25) is 0 Å². The summed E-state index contributed by atoms with van der Waals surface area (Å²) >= 11 is 3.31. The van der Waals surface area contributed by atoms with Crippen molar-refractivity contribution in [3.05, 3.63) is 57.8 Å². The number of methoxy groups -OCH3 is 1. The van der Waals surface area contributed by atoms with Gasteiger partial charge in [-0.25, -0.2) is 4.39 Å². The molecule has 3 nitrogen and oxygen atoms in total. The molecule has 1 aliphatic heterocycles. The number of halogens is 2. The third-order valence-electron chi connectivity index (χ3n) is 3.44. The second-order valence-electron chi connectivity index (χ2n) is 4.76. The summed E-state index contributed by atoms with van der Waals surface area (Å²) in [6.07, 6.45) is -0.212. The maximum Gasteiger partial charge on any atom is 0.170 e. The highest BCUT2D eigenvalue weighted by Crippen LogP contribution is 2.39. The fourth-order valence-corrected chi connectivity index (χ4v) is 2.97. The fraction of sp³-hybridized carbons (Fsp3) is 0.188. The zero-order chi connectivity index (χ0) is 15.0. The van der Waals surface area contributed by atoms with Crippen LogP contribution in [0.25, 0.3) is 0 Å². The van der Waals surface area contributed by atoms with Crippen molar-refractivity contribution >= 4 is 21.7 Å². The van der Waals surface area contributed by atoms with Crippen LogP contribution in [0.1, 0.15) is 28.4 Å². The van der Waals surface area contributed by atoms with E-state index in [-0.39, 0.29) is 18.0 Å². The first kappa shape index (κ1) is 14.1. The normalized spacial score (nSPS) is 17.1. The quantitative estimate of drug-likeness (QED) is 0.809. The molecule has 1 unspecified atom stereocenters. The number of ether oxygens (including phenoxy) is 2. The van der Waals surface area contributed by atoms with Gasteiger partial charge in [-0.2, -0.15) is 0 Å². The molecule has 3 rings (SSSR count). The molecule has 0 saturated carbocycles. The van der Waals surface area contributed by atoms with Gasteiger partial charge in [0.2, 0.25) is 0 Å². The number of hydrogen-bond acceptors (Lipinski definition) is 3. The molecule has 1 heterocycles. The number of Topliss-reactive ketones (excluding diaryl/α,β-unsaturated/α-hetero) is 1. The van der Waals surface area contributed by atoms with Gasteiger partial charge in [0.15, 0.2) is 5.78 Å². The minimum atomic E-state index is -0.438. The second kappa shape index (κ2) is 5.48. The van der Waals surface area contributed by atoms with Crippen molar-refractivity contribution in [1.29, 1.82) is 0 Å². The van der Waals surface area contributed by atoms with E-state index in [1.165, 1.54) is 12.1 Å². The van der Waals surface area contributed by atoms with E-state index in [9.17, 15) is 9.18 Å². The standard InChI is InChI=1S/C16H12BrFO3/c1-20-10-3-5-12-14(19)8-16(21-15(12)7-10)11-4-2-9(18)6-13(11)17/h2-7,16H,8H2,1H3. The average molecular weight is 351 g/mol. The van der Waals surface area contributed by atoms with E-state index < -0.39 is 6.10 Å². The molecule has 1 aliphatic rings. The summed E-state index contributed by atoms with van der Waals surface area (Å²) in [5, 5.41) is 0. The van der Waals surface area contributed by atoms with Gasteiger partial charge < -0.3 is 9.47 Å². The molecule has 0 fully saturated rings. The number of hydrogen-bond donors (Lipinski definition) is 0. The molecule has 2 aromatic rings. The number of ketones is 1. The largest absolute Gasteiger partial charge is 0.497 e. The van der Waals surface area contributed by atoms with Crippen molar-refractivity contribution in [3.63, 3.8) is 0 Å². The maximum atomic E-state index is 13.2. The number of carbonyl (C=O) groups excluding carboxylic acids is 1. The summed E-state index contributed by atoms with van der Waals surface area (Å²) in [7, 11) is 1.56. The lowest BCUT2D eigenvalue weighted by molar-refractivity contribution is 0.0848. The van der Waals surface area contributed by atoms with Crippen LogP contribution < -0.4 is 9.47 Å². The first-order valence-electron chi connectivity index (χ1n) is 6.41. The molecule has 0 bridgehead atoms. The van der Waals surface area contributed by atoms with Gasteiger partial charge in [-0.15, -0.1) is 0 Å². The molecular weight excluding hydrogens is 339 g/mol. The Morgan fingerprint density at radius 1 is 1.29 bits per heavy atom. The third-order valence-corrected chi connectivity index (χ3v) is 4.13.